The van der Waals surface area contributed by atoms with Crippen molar-refractivity contribution in [1.29, 1.82) is 0 Å². The number of nitrogens with one attached hydrogen (secondary N) is 1. The minimum absolute atomic E-state index is 0.0715. The van der Waals surface area contributed by atoms with Crippen LogP contribution in [0.3, 0.4) is 0 Å². The van der Waals surface area contributed by atoms with Crippen LogP contribution in [0.15, 0.2) is 66.5 Å². The molecule has 2 aromatic carbocycles. The van der Waals surface area contributed by atoms with Crippen LogP contribution >= 0.6 is 23.2 Å². The minimum Gasteiger partial charge on any atom is -0.321 e. The molecule has 0 unspecified atom stereocenters. The van der Waals surface area contributed by atoms with Gasteiger partial charge in [-0.25, -0.2) is 4.79 Å². The zero-order valence-electron chi connectivity index (χ0n) is 15.5. The summed E-state index contributed by atoms with van der Waals surface area (Å²) in [5.74, 6) is -0.397. The molecule has 1 N–H and O–H groups in total. The molecule has 5 nitrogen and oxygen atoms in total. The van der Waals surface area contributed by atoms with E-state index in [1.54, 1.807) is 24.3 Å². The highest BCUT2D eigenvalue weighted by Gasteiger charge is 2.34. The topological polar surface area (TPSA) is 54.3 Å². The standard InChI is InChI=1S/C22H17Cl2N3O2/c1-14-9-15(12-26(14)18-5-3-2-4-6-18)10-20-21(28)27(22(29)25-20)13-16-7-8-17(23)11-19(16)24/h2-12H,13H2,1H3,(H,25,29)/b20-10+. The Kier molecular flexibility index (Phi) is 5.18. The summed E-state index contributed by atoms with van der Waals surface area (Å²) in [7, 11) is 0. The Bertz CT molecular complexity index is 1140. The van der Waals surface area contributed by atoms with Crippen LogP contribution in [0.1, 0.15) is 16.8 Å². The van der Waals surface area contributed by atoms with Gasteiger partial charge in [0.1, 0.15) is 5.70 Å². The van der Waals surface area contributed by atoms with E-state index in [2.05, 4.69) is 5.32 Å². The number of carbonyl (C=O) groups is 2. The van der Waals surface area contributed by atoms with Gasteiger partial charge in [0.25, 0.3) is 5.91 Å². The first-order valence-corrected chi connectivity index (χ1v) is 9.71. The number of aryl methyl sites for hydroxylation is 1. The van der Waals surface area contributed by atoms with Crippen molar-refractivity contribution in [2.24, 2.45) is 0 Å². The lowest BCUT2D eigenvalue weighted by Crippen LogP contribution is -2.30. The van der Waals surface area contributed by atoms with E-state index in [4.69, 9.17) is 23.2 Å². The van der Waals surface area contributed by atoms with E-state index < -0.39 is 11.9 Å². The van der Waals surface area contributed by atoms with E-state index in [1.165, 1.54) is 0 Å². The molecule has 0 radical (unpaired) electrons. The van der Waals surface area contributed by atoms with Crippen molar-refractivity contribution in [2.75, 3.05) is 0 Å². The van der Waals surface area contributed by atoms with Crippen LogP contribution in [0.4, 0.5) is 4.79 Å². The van der Waals surface area contributed by atoms with Crippen LogP contribution in [0.2, 0.25) is 10.0 Å². The first-order chi connectivity index (χ1) is 13.9. The van der Waals surface area contributed by atoms with Crippen LogP contribution in [-0.2, 0) is 11.3 Å². The third-order valence-corrected chi connectivity index (χ3v) is 5.27. The lowest BCUT2D eigenvalue weighted by molar-refractivity contribution is -0.123. The van der Waals surface area contributed by atoms with E-state index in [1.807, 2.05) is 54.1 Å². The number of carbonyl (C=O) groups excluding carboxylic acids is 2. The summed E-state index contributed by atoms with van der Waals surface area (Å²) in [6.07, 6.45) is 3.60. The average molecular weight is 426 g/mol. The second kappa shape index (κ2) is 7.78. The molecule has 4 rings (SSSR count). The molecule has 2 heterocycles. The van der Waals surface area contributed by atoms with Crippen molar-refractivity contribution >= 4 is 41.2 Å². The molecule has 0 aliphatic carbocycles. The van der Waals surface area contributed by atoms with Gasteiger partial charge in [-0.15, -0.1) is 0 Å². The zero-order chi connectivity index (χ0) is 20.5. The molecular formula is C22H17Cl2N3O2. The predicted molar refractivity (Wildman–Crippen MR) is 114 cm³/mol. The summed E-state index contributed by atoms with van der Waals surface area (Å²) in [6.45, 7) is 2.06. The first kappa shape index (κ1) is 19.3. The van der Waals surface area contributed by atoms with Crippen molar-refractivity contribution < 1.29 is 9.59 Å². The van der Waals surface area contributed by atoms with E-state index in [0.29, 0.717) is 15.6 Å². The Labute approximate surface area is 178 Å². The van der Waals surface area contributed by atoms with E-state index in [9.17, 15) is 9.59 Å². The van der Waals surface area contributed by atoms with Crippen LogP contribution < -0.4 is 5.32 Å². The van der Waals surface area contributed by atoms with Crippen LogP contribution in [0.5, 0.6) is 0 Å². The number of halogens is 2. The van der Waals surface area contributed by atoms with Gasteiger partial charge in [0.15, 0.2) is 0 Å². The minimum atomic E-state index is -0.480. The molecule has 0 atom stereocenters. The molecule has 1 saturated heterocycles. The quantitative estimate of drug-likeness (QED) is 0.462. The molecule has 0 spiro atoms. The number of nitrogens with zero attached hydrogens (tertiary/aromatic N) is 2. The van der Waals surface area contributed by atoms with E-state index >= 15 is 0 Å². The summed E-state index contributed by atoms with van der Waals surface area (Å²) >= 11 is 12.1. The fourth-order valence-electron chi connectivity index (χ4n) is 3.25. The number of hydrogen-bond donors (Lipinski definition) is 1. The van der Waals surface area contributed by atoms with Crippen molar-refractivity contribution in [2.45, 2.75) is 13.5 Å². The third kappa shape index (κ3) is 3.92. The summed E-state index contributed by atoms with van der Waals surface area (Å²) in [6, 6.07) is 16.3. The maximum Gasteiger partial charge on any atom is 0.329 e. The van der Waals surface area contributed by atoms with E-state index in [-0.39, 0.29) is 12.2 Å². The number of benzene rings is 2. The Morgan fingerprint density at radius 3 is 2.52 bits per heavy atom. The lowest BCUT2D eigenvalue weighted by atomic mass is 10.2. The second-order valence-electron chi connectivity index (χ2n) is 6.74. The molecule has 3 amide bonds. The predicted octanol–water partition coefficient (Wildman–Crippen LogP) is 5.19. The Morgan fingerprint density at radius 2 is 1.79 bits per heavy atom. The molecule has 1 aromatic heterocycles. The van der Waals surface area contributed by atoms with Gasteiger partial charge in [0, 0.05) is 27.6 Å². The molecule has 0 bridgehead atoms. The molecule has 0 saturated carbocycles. The number of aromatic nitrogens is 1. The van der Waals surface area contributed by atoms with Crippen LogP contribution in [-0.4, -0.2) is 21.4 Å². The van der Waals surface area contributed by atoms with Gasteiger partial charge in [-0.1, -0.05) is 47.5 Å². The molecule has 29 heavy (non-hydrogen) atoms. The second-order valence-corrected chi connectivity index (χ2v) is 7.58. The van der Waals surface area contributed by atoms with Crippen LogP contribution in [0, 0.1) is 6.92 Å². The monoisotopic (exact) mass is 425 g/mol. The highest BCUT2D eigenvalue weighted by atomic mass is 35.5. The van der Waals surface area contributed by atoms with Gasteiger partial charge < -0.3 is 9.88 Å². The van der Waals surface area contributed by atoms with Gasteiger partial charge >= 0.3 is 6.03 Å². The zero-order valence-corrected chi connectivity index (χ0v) is 17.0. The highest BCUT2D eigenvalue weighted by molar-refractivity contribution is 6.35. The van der Waals surface area contributed by atoms with Crippen molar-refractivity contribution in [3.63, 3.8) is 0 Å². The Morgan fingerprint density at radius 1 is 1.03 bits per heavy atom. The number of urea groups is 1. The van der Waals surface area contributed by atoms with Gasteiger partial charge in [-0.2, -0.15) is 0 Å². The van der Waals surface area contributed by atoms with Gasteiger partial charge in [-0.3, -0.25) is 9.69 Å². The average Bonchev–Trinajstić information content (AvgIpc) is 3.18. The molecule has 146 valence electrons. The van der Waals surface area contributed by atoms with E-state index in [0.717, 1.165) is 21.8 Å². The summed E-state index contributed by atoms with van der Waals surface area (Å²) in [5, 5.41) is 3.55. The normalized spacial score (nSPS) is 15.3. The molecule has 3 aromatic rings. The highest BCUT2D eigenvalue weighted by Crippen LogP contribution is 2.25. The fraction of sp³-hybridized carbons (Fsp3) is 0.0909. The first-order valence-electron chi connectivity index (χ1n) is 8.95. The van der Waals surface area contributed by atoms with Crippen molar-refractivity contribution in [1.82, 2.24) is 14.8 Å². The lowest BCUT2D eigenvalue weighted by Gasteiger charge is -2.13. The Hall–Kier alpha value is -3.02. The molecule has 1 fully saturated rings. The van der Waals surface area contributed by atoms with Crippen LogP contribution in [0.25, 0.3) is 11.8 Å². The summed E-state index contributed by atoms with van der Waals surface area (Å²) < 4.78 is 2.03. The van der Waals surface area contributed by atoms with Crippen molar-refractivity contribution in [3.8, 4) is 5.69 Å². The molecule has 1 aliphatic rings. The maximum atomic E-state index is 12.8. The molecule has 7 heteroatoms. The fourth-order valence-corrected chi connectivity index (χ4v) is 3.71. The smallest absolute Gasteiger partial charge is 0.321 e. The maximum absolute atomic E-state index is 12.8. The number of amides is 3. The summed E-state index contributed by atoms with van der Waals surface area (Å²) in [5.41, 5.74) is 3.73. The number of rotatable bonds is 4. The molecular weight excluding hydrogens is 409 g/mol. The number of hydrogen-bond acceptors (Lipinski definition) is 2. The van der Waals surface area contributed by atoms with Crippen molar-refractivity contribution in [3.05, 3.63) is 93.4 Å². The molecule has 1 aliphatic heterocycles. The largest absolute Gasteiger partial charge is 0.329 e. The van der Waals surface area contributed by atoms with Gasteiger partial charge in [0.2, 0.25) is 0 Å². The third-order valence-electron chi connectivity index (χ3n) is 4.68. The SMILES string of the molecule is Cc1cc(/C=C2/NC(=O)N(Cc3ccc(Cl)cc3Cl)C2=O)cn1-c1ccccc1. The van der Waals surface area contributed by atoms with Gasteiger partial charge in [0.05, 0.1) is 6.54 Å². The Balaban J connectivity index is 1.58. The summed E-state index contributed by atoms with van der Waals surface area (Å²) in [4.78, 5) is 26.2. The van der Waals surface area contributed by atoms with Gasteiger partial charge in [-0.05, 0) is 54.5 Å². The number of imide groups is 1. The number of para-hydroxylation sites is 1.